The van der Waals surface area contributed by atoms with Gasteiger partial charge in [-0.3, -0.25) is 0 Å². The third-order valence-corrected chi connectivity index (χ3v) is 1.82. The molecule has 0 saturated heterocycles. The molecule has 0 saturated carbocycles. The number of phenolic OH excluding ortho intramolecular Hbond substituents is 1. The zero-order chi connectivity index (χ0) is 13.9. The molecular weight excluding hydrogens is 255 g/mol. The molecule has 18 heavy (non-hydrogen) atoms. The molecule has 0 unspecified atom stereocenters. The highest BCUT2D eigenvalue weighted by molar-refractivity contribution is 5.94. The molecule has 0 heterocycles. The van der Waals surface area contributed by atoms with Gasteiger partial charge in [-0.15, -0.1) is 13.2 Å². The largest absolute Gasteiger partial charge is 0.573 e. The van der Waals surface area contributed by atoms with Crippen molar-refractivity contribution in [2.24, 2.45) is 0 Å². The van der Waals surface area contributed by atoms with Crippen LogP contribution in [-0.4, -0.2) is 24.5 Å². The Morgan fingerprint density at radius 1 is 1.44 bits per heavy atom. The number of ether oxygens (including phenoxy) is 2. The lowest BCUT2D eigenvalue weighted by Gasteiger charge is -2.13. The monoisotopic (exact) mass is 261 g/mol. The van der Waals surface area contributed by atoms with Crippen LogP contribution in [0.2, 0.25) is 0 Å². The summed E-state index contributed by atoms with van der Waals surface area (Å²) in [7, 11) is 0.940. The van der Waals surface area contributed by atoms with Gasteiger partial charge < -0.3 is 14.6 Å². The van der Waals surface area contributed by atoms with E-state index in [1.807, 2.05) is 0 Å². The van der Waals surface area contributed by atoms with Gasteiger partial charge in [0.15, 0.2) is 11.5 Å². The van der Waals surface area contributed by atoms with Crippen molar-refractivity contribution < 1.29 is 32.5 Å². The van der Waals surface area contributed by atoms with Gasteiger partial charge in [-0.1, -0.05) is 0 Å². The fraction of sp³-hybridized carbons (Fsp3) is 0.200. The van der Waals surface area contributed by atoms with Gasteiger partial charge in [-0.25, -0.2) is 4.79 Å². The number of halogens is 3. The van der Waals surface area contributed by atoms with Crippen molar-refractivity contribution in [1.29, 1.82) is 5.26 Å². The molecule has 0 spiro atoms. The first-order valence-corrected chi connectivity index (χ1v) is 4.39. The van der Waals surface area contributed by atoms with Crippen molar-refractivity contribution in [2.75, 3.05) is 7.11 Å². The van der Waals surface area contributed by atoms with Gasteiger partial charge in [0.1, 0.15) is 5.56 Å². The van der Waals surface area contributed by atoms with Gasteiger partial charge in [0.2, 0.25) is 0 Å². The zero-order valence-corrected chi connectivity index (χ0v) is 8.91. The van der Waals surface area contributed by atoms with E-state index in [1.54, 1.807) is 6.07 Å². The summed E-state index contributed by atoms with van der Waals surface area (Å²) >= 11 is 0. The van der Waals surface area contributed by atoms with Crippen molar-refractivity contribution in [3.8, 4) is 17.6 Å². The van der Waals surface area contributed by atoms with Crippen molar-refractivity contribution in [3.63, 3.8) is 0 Å². The number of carbonyl (C=O) groups is 1. The van der Waals surface area contributed by atoms with Crippen LogP contribution in [-0.2, 0) is 4.74 Å². The fourth-order valence-corrected chi connectivity index (χ4v) is 1.16. The molecule has 5 nitrogen and oxygen atoms in total. The highest BCUT2D eigenvalue weighted by Crippen LogP contribution is 2.36. The van der Waals surface area contributed by atoms with E-state index in [0.29, 0.717) is 0 Å². The van der Waals surface area contributed by atoms with Crippen molar-refractivity contribution in [1.82, 2.24) is 0 Å². The van der Waals surface area contributed by atoms with E-state index in [0.717, 1.165) is 19.2 Å². The van der Waals surface area contributed by atoms with E-state index < -0.39 is 29.4 Å². The Balaban J connectivity index is 3.39. The lowest BCUT2D eigenvalue weighted by Crippen LogP contribution is -2.19. The molecule has 0 radical (unpaired) electrons. The van der Waals surface area contributed by atoms with Crippen LogP contribution < -0.4 is 4.74 Å². The predicted molar refractivity (Wildman–Crippen MR) is 50.8 cm³/mol. The summed E-state index contributed by atoms with van der Waals surface area (Å²) in [5.41, 5.74) is -0.895. The first-order valence-electron chi connectivity index (χ1n) is 4.39. The third-order valence-electron chi connectivity index (χ3n) is 1.82. The number of carbonyl (C=O) groups excluding carboxylic acids is 1. The second kappa shape index (κ2) is 4.83. The number of rotatable bonds is 2. The van der Waals surface area contributed by atoms with Crippen LogP contribution in [0.3, 0.4) is 0 Å². The molecule has 0 amide bonds. The summed E-state index contributed by atoms with van der Waals surface area (Å²) in [4.78, 5) is 11.3. The highest BCUT2D eigenvalue weighted by atomic mass is 19.4. The molecule has 0 bridgehead atoms. The minimum absolute atomic E-state index is 0.206. The van der Waals surface area contributed by atoms with E-state index >= 15 is 0 Å². The van der Waals surface area contributed by atoms with Crippen molar-refractivity contribution >= 4 is 5.97 Å². The highest BCUT2D eigenvalue weighted by Gasteiger charge is 2.35. The number of hydrogen-bond acceptors (Lipinski definition) is 5. The lowest BCUT2D eigenvalue weighted by molar-refractivity contribution is -0.275. The second-order valence-electron chi connectivity index (χ2n) is 3.02. The minimum Gasteiger partial charge on any atom is -0.504 e. The Bertz CT molecular complexity index is 519. The molecule has 0 aromatic heterocycles. The first-order chi connectivity index (χ1) is 8.28. The molecule has 1 rings (SSSR count). The zero-order valence-electron chi connectivity index (χ0n) is 8.91. The van der Waals surface area contributed by atoms with Gasteiger partial charge >= 0.3 is 12.3 Å². The number of aromatic hydroxyl groups is 1. The lowest BCUT2D eigenvalue weighted by atomic mass is 10.1. The molecule has 0 aliphatic rings. The van der Waals surface area contributed by atoms with E-state index in [1.165, 1.54) is 0 Å². The van der Waals surface area contributed by atoms with E-state index in [4.69, 9.17) is 5.26 Å². The van der Waals surface area contributed by atoms with Crippen LogP contribution in [0, 0.1) is 11.3 Å². The summed E-state index contributed by atoms with van der Waals surface area (Å²) in [6, 6.07) is 3.14. The van der Waals surface area contributed by atoms with Crippen LogP contribution in [0.4, 0.5) is 13.2 Å². The Labute approximate surface area is 99.0 Å². The van der Waals surface area contributed by atoms with Crippen molar-refractivity contribution in [2.45, 2.75) is 6.36 Å². The summed E-state index contributed by atoms with van der Waals surface area (Å²) in [6.07, 6.45) is -5.09. The predicted octanol–water partition coefficient (Wildman–Crippen LogP) is 1.95. The third kappa shape index (κ3) is 3.04. The van der Waals surface area contributed by atoms with Crippen LogP contribution in [0.15, 0.2) is 12.1 Å². The molecule has 0 aliphatic carbocycles. The number of methoxy groups -OCH3 is 1. The maximum atomic E-state index is 12.1. The van der Waals surface area contributed by atoms with Crippen LogP contribution in [0.5, 0.6) is 11.5 Å². The maximum Gasteiger partial charge on any atom is 0.573 e. The number of alkyl halides is 3. The summed E-state index contributed by atoms with van der Waals surface area (Å²) in [5, 5.41) is 17.9. The normalized spacial score (nSPS) is 10.6. The van der Waals surface area contributed by atoms with E-state index in [9.17, 15) is 23.1 Å². The maximum absolute atomic E-state index is 12.1. The molecule has 1 aromatic rings. The SMILES string of the molecule is COC(=O)c1cc(C#N)cc(O)c1OC(F)(F)F. The number of nitrogens with zero attached hydrogens (tertiary/aromatic N) is 1. The number of esters is 1. The number of nitriles is 1. The fourth-order valence-electron chi connectivity index (χ4n) is 1.16. The van der Waals surface area contributed by atoms with Gasteiger partial charge in [-0.05, 0) is 6.07 Å². The number of hydrogen-bond donors (Lipinski definition) is 1. The average Bonchev–Trinajstić information content (AvgIpc) is 2.28. The van der Waals surface area contributed by atoms with Crippen molar-refractivity contribution in [3.05, 3.63) is 23.3 Å². The molecule has 1 N–H and O–H groups in total. The smallest absolute Gasteiger partial charge is 0.504 e. The summed E-state index contributed by atoms with van der Waals surface area (Å²) in [5.74, 6) is -3.25. The van der Waals surface area contributed by atoms with Gasteiger partial charge in [0.05, 0.1) is 18.7 Å². The molecule has 96 valence electrons. The van der Waals surface area contributed by atoms with Gasteiger partial charge in [-0.2, -0.15) is 5.26 Å². The Hall–Kier alpha value is -2.43. The van der Waals surface area contributed by atoms with Crippen LogP contribution in [0.1, 0.15) is 15.9 Å². The van der Waals surface area contributed by atoms with Gasteiger partial charge in [0.25, 0.3) is 0 Å². The van der Waals surface area contributed by atoms with Crippen LogP contribution >= 0.6 is 0 Å². The molecule has 0 fully saturated rings. The van der Waals surface area contributed by atoms with Gasteiger partial charge in [0, 0.05) is 6.07 Å². The van der Waals surface area contributed by atoms with E-state index in [-0.39, 0.29) is 5.56 Å². The molecule has 8 heteroatoms. The topological polar surface area (TPSA) is 79.6 Å². The number of phenols is 1. The molecular formula is C10H6F3NO4. The van der Waals surface area contributed by atoms with Crippen LogP contribution in [0.25, 0.3) is 0 Å². The summed E-state index contributed by atoms with van der Waals surface area (Å²) < 4.78 is 44.1. The first kappa shape index (κ1) is 13.6. The molecule has 1 aromatic carbocycles. The molecule has 0 atom stereocenters. The summed E-state index contributed by atoms with van der Waals surface area (Å²) in [6.45, 7) is 0. The van der Waals surface area contributed by atoms with E-state index in [2.05, 4.69) is 9.47 Å². The Morgan fingerprint density at radius 2 is 2.06 bits per heavy atom. The molecule has 0 aliphatic heterocycles. The average molecular weight is 261 g/mol. The minimum atomic E-state index is -5.09. The number of benzene rings is 1. The quantitative estimate of drug-likeness (QED) is 0.823. The Kier molecular flexibility index (Phi) is 3.66. The second-order valence-corrected chi connectivity index (χ2v) is 3.02. The Morgan fingerprint density at radius 3 is 2.50 bits per heavy atom. The standard InChI is InChI=1S/C10H6F3NO4/c1-17-9(16)6-2-5(4-14)3-7(15)8(6)18-10(11,12)13/h2-3,15H,1H3.